The molecule has 0 unspecified atom stereocenters. The maximum absolute atomic E-state index is 4.78. The second-order valence-electron chi connectivity index (χ2n) is 5.64. The summed E-state index contributed by atoms with van der Waals surface area (Å²) in [4.78, 5) is 6.66. The van der Waals surface area contributed by atoms with Crippen molar-refractivity contribution >= 4 is 0 Å². The molecule has 18 heavy (non-hydrogen) atoms. The topological polar surface area (TPSA) is 54.2 Å². The Kier molecular flexibility index (Phi) is 3.61. The van der Waals surface area contributed by atoms with Crippen molar-refractivity contribution in [2.24, 2.45) is 0 Å². The predicted octanol–water partition coefficient (Wildman–Crippen LogP) is 1.22. The first-order valence-electron chi connectivity index (χ1n) is 7.09. The molecule has 0 atom stereocenters. The molecule has 5 nitrogen and oxygen atoms in total. The Morgan fingerprint density at radius 1 is 1.33 bits per heavy atom. The molecule has 5 heteroatoms. The van der Waals surface area contributed by atoms with E-state index in [9.17, 15) is 0 Å². The van der Waals surface area contributed by atoms with Crippen LogP contribution in [0.25, 0.3) is 0 Å². The SMILES string of the molecule is c1nc(CCN2CCCNC3(CCCC3)C2)no1. The van der Waals surface area contributed by atoms with Gasteiger partial charge in [-0.25, -0.2) is 0 Å². The van der Waals surface area contributed by atoms with E-state index < -0.39 is 0 Å². The van der Waals surface area contributed by atoms with Crippen molar-refractivity contribution in [2.75, 3.05) is 26.2 Å². The summed E-state index contributed by atoms with van der Waals surface area (Å²) in [6.45, 7) is 4.58. The molecule has 1 aromatic heterocycles. The molecule has 0 amide bonds. The fourth-order valence-electron chi connectivity index (χ4n) is 3.36. The molecule has 1 aliphatic carbocycles. The fraction of sp³-hybridized carbons (Fsp3) is 0.846. The second kappa shape index (κ2) is 5.36. The lowest BCUT2D eigenvalue weighted by Crippen LogP contribution is -2.49. The molecule has 1 saturated heterocycles. The van der Waals surface area contributed by atoms with Crippen molar-refractivity contribution < 1.29 is 4.52 Å². The molecule has 0 bridgehead atoms. The number of hydrogen-bond donors (Lipinski definition) is 1. The molecule has 0 aromatic carbocycles. The van der Waals surface area contributed by atoms with Crippen LogP contribution >= 0.6 is 0 Å². The minimum absolute atomic E-state index is 0.397. The highest BCUT2D eigenvalue weighted by molar-refractivity contribution is 4.97. The highest BCUT2D eigenvalue weighted by Gasteiger charge is 2.36. The van der Waals surface area contributed by atoms with Crippen LogP contribution in [0.4, 0.5) is 0 Å². The molecule has 1 N–H and O–H groups in total. The molecule has 1 spiro atoms. The third-order valence-electron chi connectivity index (χ3n) is 4.30. The highest BCUT2D eigenvalue weighted by atomic mass is 16.5. The van der Waals surface area contributed by atoms with Crippen molar-refractivity contribution in [3.8, 4) is 0 Å². The zero-order chi connectivity index (χ0) is 12.3. The summed E-state index contributed by atoms with van der Waals surface area (Å²) in [6.07, 6.45) is 8.99. The number of nitrogens with one attached hydrogen (secondary N) is 1. The van der Waals surface area contributed by atoms with Gasteiger partial charge in [-0.05, 0) is 32.4 Å². The molecule has 3 rings (SSSR count). The predicted molar refractivity (Wildman–Crippen MR) is 68.3 cm³/mol. The van der Waals surface area contributed by atoms with Crippen LogP contribution in [0, 0.1) is 0 Å². The normalized spacial score (nSPS) is 24.4. The van der Waals surface area contributed by atoms with E-state index in [2.05, 4.69) is 20.4 Å². The number of hydrogen-bond acceptors (Lipinski definition) is 5. The van der Waals surface area contributed by atoms with Crippen LogP contribution in [0.5, 0.6) is 0 Å². The van der Waals surface area contributed by atoms with E-state index >= 15 is 0 Å². The highest BCUT2D eigenvalue weighted by Crippen LogP contribution is 2.31. The lowest BCUT2D eigenvalue weighted by molar-refractivity contribution is 0.210. The molecule has 2 aliphatic rings. The van der Waals surface area contributed by atoms with Crippen LogP contribution in [0.15, 0.2) is 10.9 Å². The summed E-state index contributed by atoms with van der Waals surface area (Å²) in [5, 5.41) is 7.67. The van der Waals surface area contributed by atoms with Crippen LogP contribution < -0.4 is 5.32 Å². The summed E-state index contributed by atoms with van der Waals surface area (Å²) in [5.74, 6) is 0.827. The van der Waals surface area contributed by atoms with Crippen molar-refractivity contribution in [1.29, 1.82) is 0 Å². The van der Waals surface area contributed by atoms with E-state index in [0.29, 0.717) is 5.54 Å². The molecule has 2 fully saturated rings. The van der Waals surface area contributed by atoms with E-state index in [-0.39, 0.29) is 0 Å². The lowest BCUT2D eigenvalue weighted by Gasteiger charge is -2.33. The van der Waals surface area contributed by atoms with E-state index in [0.717, 1.165) is 18.8 Å². The Bertz CT molecular complexity index is 359. The average Bonchev–Trinajstić information content (AvgIpc) is 2.99. The standard InChI is InChI=1S/C13H22N4O/c1-2-6-13(5-1)10-17(8-3-7-15-13)9-4-12-14-11-18-16-12/h11,15H,1-10H2. The van der Waals surface area contributed by atoms with Gasteiger partial charge in [-0.3, -0.25) is 0 Å². The van der Waals surface area contributed by atoms with Crippen LogP contribution in [0.1, 0.15) is 37.9 Å². The number of nitrogens with zero attached hydrogens (tertiary/aromatic N) is 3. The van der Waals surface area contributed by atoms with Gasteiger partial charge >= 0.3 is 0 Å². The molecule has 0 radical (unpaired) electrons. The van der Waals surface area contributed by atoms with Crippen LogP contribution in [0.3, 0.4) is 0 Å². The Hall–Kier alpha value is -0.940. The van der Waals surface area contributed by atoms with Gasteiger partial charge in [0.2, 0.25) is 6.39 Å². The van der Waals surface area contributed by atoms with Gasteiger partial charge in [-0.1, -0.05) is 18.0 Å². The molecule has 1 aliphatic heterocycles. The number of aromatic nitrogens is 2. The Balaban J connectivity index is 1.57. The second-order valence-corrected chi connectivity index (χ2v) is 5.64. The van der Waals surface area contributed by atoms with Crippen molar-refractivity contribution in [3.63, 3.8) is 0 Å². The van der Waals surface area contributed by atoms with Gasteiger partial charge in [0.1, 0.15) is 0 Å². The smallest absolute Gasteiger partial charge is 0.213 e. The van der Waals surface area contributed by atoms with E-state index in [1.807, 2.05) is 0 Å². The summed E-state index contributed by atoms with van der Waals surface area (Å²) in [5.41, 5.74) is 0.397. The van der Waals surface area contributed by atoms with Crippen molar-refractivity contribution in [3.05, 3.63) is 12.2 Å². The van der Waals surface area contributed by atoms with Gasteiger partial charge in [0.25, 0.3) is 0 Å². The summed E-state index contributed by atoms with van der Waals surface area (Å²) in [7, 11) is 0. The minimum atomic E-state index is 0.397. The third-order valence-corrected chi connectivity index (χ3v) is 4.30. The van der Waals surface area contributed by atoms with Crippen LogP contribution in [0.2, 0.25) is 0 Å². The fourth-order valence-corrected chi connectivity index (χ4v) is 3.36. The molecule has 2 heterocycles. The summed E-state index contributed by atoms with van der Waals surface area (Å²) in [6, 6.07) is 0. The largest absolute Gasteiger partial charge is 0.343 e. The van der Waals surface area contributed by atoms with Crippen LogP contribution in [-0.2, 0) is 6.42 Å². The molecule has 1 aromatic rings. The van der Waals surface area contributed by atoms with Crippen molar-refractivity contribution in [2.45, 2.75) is 44.1 Å². The zero-order valence-electron chi connectivity index (χ0n) is 10.9. The Labute approximate surface area is 108 Å². The maximum Gasteiger partial charge on any atom is 0.213 e. The quantitative estimate of drug-likeness (QED) is 0.874. The monoisotopic (exact) mass is 250 g/mol. The minimum Gasteiger partial charge on any atom is -0.343 e. The molecule has 100 valence electrons. The molecular formula is C13H22N4O. The van der Waals surface area contributed by atoms with E-state index in [1.165, 1.54) is 58.1 Å². The Morgan fingerprint density at radius 3 is 3.00 bits per heavy atom. The average molecular weight is 250 g/mol. The first kappa shape index (κ1) is 12.1. The zero-order valence-corrected chi connectivity index (χ0v) is 10.9. The van der Waals surface area contributed by atoms with Gasteiger partial charge in [0.05, 0.1) is 0 Å². The first-order valence-corrected chi connectivity index (χ1v) is 7.09. The maximum atomic E-state index is 4.78. The van der Waals surface area contributed by atoms with E-state index in [1.54, 1.807) is 0 Å². The van der Waals surface area contributed by atoms with Gasteiger partial charge in [-0.2, -0.15) is 4.98 Å². The number of rotatable bonds is 3. The van der Waals surface area contributed by atoms with Gasteiger partial charge in [0.15, 0.2) is 5.82 Å². The molecule has 1 saturated carbocycles. The van der Waals surface area contributed by atoms with Gasteiger partial charge in [-0.15, -0.1) is 0 Å². The summed E-state index contributed by atoms with van der Waals surface area (Å²) < 4.78 is 4.78. The third kappa shape index (κ3) is 2.72. The van der Waals surface area contributed by atoms with Gasteiger partial charge in [0, 0.05) is 25.0 Å². The van der Waals surface area contributed by atoms with Crippen LogP contribution in [-0.4, -0.2) is 46.8 Å². The Morgan fingerprint density at radius 2 is 2.22 bits per heavy atom. The molecular weight excluding hydrogens is 228 g/mol. The first-order chi connectivity index (χ1) is 8.86. The summed E-state index contributed by atoms with van der Waals surface area (Å²) >= 11 is 0. The lowest BCUT2D eigenvalue weighted by atomic mass is 9.97. The van der Waals surface area contributed by atoms with E-state index in [4.69, 9.17) is 4.52 Å². The van der Waals surface area contributed by atoms with Crippen molar-refractivity contribution in [1.82, 2.24) is 20.4 Å². The van der Waals surface area contributed by atoms with Gasteiger partial charge < -0.3 is 14.7 Å².